The summed E-state index contributed by atoms with van der Waals surface area (Å²) in [5.74, 6) is 0. The van der Waals surface area contributed by atoms with Crippen molar-refractivity contribution in [1.82, 2.24) is 9.80 Å². The van der Waals surface area contributed by atoms with Gasteiger partial charge in [0.1, 0.15) is 0 Å². The molecule has 0 radical (unpaired) electrons. The molecule has 3 aliphatic rings. The molecule has 3 heterocycles. The summed E-state index contributed by atoms with van der Waals surface area (Å²) in [4.78, 5) is 5.24. The van der Waals surface area contributed by atoms with Crippen LogP contribution in [0.2, 0.25) is 0 Å². The number of hydrogen-bond acceptors (Lipinski definition) is 4. The average Bonchev–Trinajstić information content (AvgIpc) is 2.61. The first-order chi connectivity index (χ1) is 8.96. The number of nitrogens with two attached hydrogens (primary N) is 1. The second-order valence-corrected chi connectivity index (χ2v) is 7.42. The molecule has 0 aromatic carbocycles. The van der Waals surface area contributed by atoms with Gasteiger partial charge in [0.25, 0.3) is 0 Å². The van der Waals surface area contributed by atoms with E-state index in [-0.39, 0.29) is 11.1 Å². The summed E-state index contributed by atoms with van der Waals surface area (Å²) >= 11 is 0. The number of piperidine rings is 1. The topological polar surface area (TPSA) is 41.7 Å². The maximum Gasteiger partial charge on any atom is 0.0753 e. The van der Waals surface area contributed by atoms with Crippen LogP contribution in [0.5, 0.6) is 0 Å². The first kappa shape index (κ1) is 13.8. The highest BCUT2D eigenvalue weighted by atomic mass is 16.5. The van der Waals surface area contributed by atoms with Gasteiger partial charge in [-0.2, -0.15) is 0 Å². The third-order valence-corrected chi connectivity index (χ3v) is 5.69. The molecule has 0 spiro atoms. The zero-order valence-corrected chi connectivity index (χ0v) is 12.7. The highest BCUT2D eigenvalue weighted by Crippen LogP contribution is 2.43. The third-order valence-electron chi connectivity index (χ3n) is 5.69. The fourth-order valence-corrected chi connectivity index (χ4v) is 4.52. The van der Waals surface area contributed by atoms with Gasteiger partial charge in [0.2, 0.25) is 0 Å². The van der Waals surface area contributed by atoms with Crippen molar-refractivity contribution in [2.24, 2.45) is 5.73 Å². The summed E-state index contributed by atoms with van der Waals surface area (Å²) in [5.41, 5.74) is 6.45. The van der Waals surface area contributed by atoms with Crippen molar-refractivity contribution in [2.75, 3.05) is 33.3 Å². The van der Waals surface area contributed by atoms with E-state index >= 15 is 0 Å². The van der Waals surface area contributed by atoms with Crippen LogP contribution in [0.3, 0.4) is 0 Å². The van der Waals surface area contributed by atoms with E-state index in [4.69, 9.17) is 10.5 Å². The van der Waals surface area contributed by atoms with Crippen molar-refractivity contribution in [3.8, 4) is 0 Å². The molecule has 0 saturated carbocycles. The van der Waals surface area contributed by atoms with E-state index in [1.165, 1.54) is 25.7 Å². The van der Waals surface area contributed by atoms with Gasteiger partial charge in [0.15, 0.2) is 0 Å². The van der Waals surface area contributed by atoms with Crippen molar-refractivity contribution in [3.63, 3.8) is 0 Å². The van der Waals surface area contributed by atoms with Crippen LogP contribution in [-0.4, -0.2) is 66.3 Å². The Balaban J connectivity index is 1.80. The number of morpholine rings is 1. The van der Waals surface area contributed by atoms with E-state index in [1.54, 1.807) is 0 Å². The van der Waals surface area contributed by atoms with Crippen LogP contribution in [0.15, 0.2) is 0 Å². The Morgan fingerprint density at radius 3 is 2.37 bits per heavy atom. The number of hydrogen-bond donors (Lipinski definition) is 1. The van der Waals surface area contributed by atoms with Crippen LogP contribution < -0.4 is 5.73 Å². The van der Waals surface area contributed by atoms with E-state index in [1.807, 2.05) is 0 Å². The molecule has 3 rings (SSSR count). The van der Waals surface area contributed by atoms with Crippen molar-refractivity contribution in [3.05, 3.63) is 0 Å². The minimum absolute atomic E-state index is 0.0250. The van der Waals surface area contributed by atoms with Crippen LogP contribution in [0.25, 0.3) is 0 Å². The third kappa shape index (κ3) is 2.33. The normalized spacial score (nSPS) is 43.6. The molecular formula is C15H29N3O. The van der Waals surface area contributed by atoms with Crippen molar-refractivity contribution < 1.29 is 4.74 Å². The van der Waals surface area contributed by atoms with Gasteiger partial charge in [-0.3, -0.25) is 4.90 Å². The zero-order valence-electron chi connectivity index (χ0n) is 12.7. The Kier molecular flexibility index (Phi) is 3.41. The highest BCUT2D eigenvalue weighted by molar-refractivity contribution is 5.07. The number of ether oxygens (including phenoxy) is 1. The first-order valence-electron chi connectivity index (χ1n) is 7.77. The molecule has 0 amide bonds. The van der Waals surface area contributed by atoms with Gasteiger partial charge in [0, 0.05) is 37.3 Å². The largest absolute Gasteiger partial charge is 0.373 e. The van der Waals surface area contributed by atoms with Gasteiger partial charge < -0.3 is 15.4 Å². The minimum Gasteiger partial charge on any atom is -0.373 e. The molecule has 19 heavy (non-hydrogen) atoms. The lowest BCUT2D eigenvalue weighted by molar-refractivity contribution is -0.129. The molecule has 110 valence electrons. The van der Waals surface area contributed by atoms with Crippen LogP contribution in [0.4, 0.5) is 0 Å². The fourth-order valence-electron chi connectivity index (χ4n) is 4.52. The molecule has 4 nitrogen and oxygen atoms in total. The molecule has 3 saturated heterocycles. The highest BCUT2D eigenvalue weighted by Gasteiger charge is 2.50. The molecule has 0 aromatic rings. The van der Waals surface area contributed by atoms with Gasteiger partial charge in [-0.25, -0.2) is 0 Å². The lowest BCUT2D eigenvalue weighted by Gasteiger charge is -2.54. The molecule has 2 unspecified atom stereocenters. The summed E-state index contributed by atoms with van der Waals surface area (Å²) in [6, 6.07) is 1.49. The second-order valence-electron chi connectivity index (χ2n) is 7.42. The standard InChI is InChI=1S/C15H29N3O/c1-14(2)11-18(6-7-19-14)15(10-16)8-12-4-5-13(9-15)17(12)3/h12-13H,4-11,16H2,1-3H3. The van der Waals surface area contributed by atoms with E-state index in [9.17, 15) is 0 Å². The van der Waals surface area contributed by atoms with Crippen LogP contribution in [0, 0.1) is 0 Å². The summed E-state index contributed by atoms with van der Waals surface area (Å²) in [6.07, 6.45) is 5.20. The fraction of sp³-hybridized carbons (Fsp3) is 1.00. The van der Waals surface area contributed by atoms with E-state index < -0.39 is 0 Å². The molecule has 4 heteroatoms. The van der Waals surface area contributed by atoms with Gasteiger partial charge >= 0.3 is 0 Å². The molecule has 0 aliphatic carbocycles. The van der Waals surface area contributed by atoms with Crippen molar-refractivity contribution in [2.45, 2.75) is 62.8 Å². The second kappa shape index (κ2) is 4.69. The van der Waals surface area contributed by atoms with Gasteiger partial charge in [-0.15, -0.1) is 0 Å². The van der Waals surface area contributed by atoms with Gasteiger partial charge in [-0.05, 0) is 46.6 Å². The van der Waals surface area contributed by atoms with E-state index in [0.717, 1.165) is 38.3 Å². The molecule has 0 aromatic heterocycles. The summed E-state index contributed by atoms with van der Waals surface area (Å²) in [6.45, 7) is 8.11. The number of nitrogens with zero attached hydrogens (tertiary/aromatic N) is 2. The zero-order chi connectivity index (χ0) is 13.7. The van der Waals surface area contributed by atoms with Crippen molar-refractivity contribution >= 4 is 0 Å². The average molecular weight is 267 g/mol. The molecule has 2 atom stereocenters. The Morgan fingerprint density at radius 2 is 1.84 bits per heavy atom. The number of fused-ring (bicyclic) bond motifs is 2. The number of rotatable bonds is 2. The quantitative estimate of drug-likeness (QED) is 0.812. The predicted molar refractivity (Wildman–Crippen MR) is 77.2 cm³/mol. The molecular weight excluding hydrogens is 238 g/mol. The van der Waals surface area contributed by atoms with Crippen molar-refractivity contribution in [1.29, 1.82) is 0 Å². The Hall–Kier alpha value is -0.160. The van der Waals surface area contributed by atoms with Crippen LogP contribution in [0.1, 0.15) is 39.5 Å². The smallest absolute Gasteiger partial charge is 0.0753 e. The lowest BCUT2D eigenvalue weighted by Crippen LogP contribution is -2.66. The maximum absolute atomic E-state index is 6.25. The van der Waals surface area contributed by atoms with Crippen LogP contribution in [-0.2, 0) is 4.74 Å². The van der Waals surface area contributed by atoms with E-state index in [0.29, 0.717) is 0 Å². The molecule has 3 aliphatic heterocycles. The first-order valence-corrected chi connectivity index (χ1v) is 7.77. The Bertz CT molecular complexity index is 330. The monoisotopic (exact) mass is 267 g/mol. The van der Waals surface area contributed by atoms with Gasteiger partial charge in [0.05, 0.1) is 12.2 Å². The summed E-state index contributed by atoms with van der Waals surface area (Å²) in [7, 11) is 2.30. The maximum atomic E-state index is 6.25. The molecule has 2 N–H and O–H groups in total. The SMILES string of the molecule is CN1C2CCC1CC(CN)(N1CCOC(C)(C)C1)C2. The van der Waals surface area contributed by atoms with E-state index in [2.05, 4.69) is 30.7 Å². The minimum atomic E-state index is -0.0250. The summed E-state index contributed by atoms with van der Waals surface area (Å²) < 4.78 is 5.87. The predicted octanol–water partition coefficient (Wildman–Crippen LogP) is 1.05. The Morgan fingerprint density at radius 1 is 1.21 bits per heavy atom. The van der Waals surface area contributed by atoms with Gasteiger partial charge in [-0.1, -0.05) is 0 Å². The molecule has 2 bridgehead atoms. The Labute approximate surface area is 117 Å². The van der Waals surface area contributed by atoms with Crippen LogP contribution >= 0.6 is 0 Å². The lowest BCUT2D eigenvalue weighted by atomic mass is 9.80. The molecule has 3 fully saturated rings. The summed E-state index contributed by atoms with van der Waals surface area (Å²) in [5, 5.41) is 0.